The van der Waals surface area contributed by atoms with Gasteiger partial charge in [-0.25, -0.2) is 8.78 Å². The highest BCUT2D eigenvalue weighted by Crippen LogP contribution is 2.39. The molecular weight excluding hydrogens is 288 g/mol. The van der Waals surface area contributed by atoms with Crippen molar-refractivity contribution in [3.63, 3.8) is 0 Å². The predicted octanol–water partition coefficient (Wildman–Crippen LogP) is 3.05. The van der Waals surface area contributed by atoms with Gasteiger partial charge in [0.1, 0.15) is 18.1 Å². The zero-order valence-electron chi connectivity index (χ0n) is 10.1. The largest absolute Gasteiger partial charge is 0.485 e. The van der Waals surface area contributed by atoms with E-state index >= 15 is 0 Å². The fourth-order valence-corrected chi connectivity index (χ4v) is 2.61. The van der Waals surface area contributed by atoms with Gasteiger partial charge in [-0.2, -0.15) is 0 Å². The number of hydrogen-bond acceptors (Lipinski definition) is 4. The number of carbonyl (C=O) groups excluding carboxylic acids is 1. The Balaban J connectivity index is 1.82. The zero-order valence-corrected chi connectivity index (χ0v) is 10.9. The van der Waals surface area contributed by atoms with Gasteiger partial charge in [0.15, 0.2) is 23.1 Å². The number of ether oxygens (including phenoxy) is 2. The molecule has 0 radical (unpaired) electrons. The molecule has 0 bridgehead atoms. The molecule has 1 amide bonds. The minimum Gasteiger partial charge on any atom is -0.485 e. The van der Waals surface area contributed by atoms with Crippen LogP contribution < -0.4 is 14.8 Å². The minimum atomic E-state index is -1.02. The first kappa shape index (κ1) is 12.9. The van der Waals surface area contributed by atoms with Crippen LogP contribution in [0.4, 0.5) is 14.5 Å². The van der Waals surface area contributed by atoms with Crippen molar-refractivity contribution in [3.8, 4) is 11.5 Å². The number of fused-ring (bicyclic) bond motifs is 1. The maximum atomic E-state index is 13.1. The van der Waals surface area contributed by atoms with Crippen molar-refractivity contribution in [1.82, 2.24) is 0 Å². The van der Waals surface area contributed by atoms with Crippen molar-refractivity contribution in [2.24, 2.45) is 0 Å². The molecule has 104 valence electrons. The Kier molecular flexibility index (Phi) is 3.27. The molecule has 1 aliphatic heterocycles. The second-order valence-electron chi connectivity index (χ2n) is 4.04. The van der Waals surface area contributed by atoms with Gasteiger partial charge in [0, 0.05) is 17.1 Å². The molecule has 1 aliphatic rings. The first-order valence-corrected chi connectivity index (χ1v) is 6.66. The summed E-state index contributed by atoms with van der Waals surface area (Å²) in [4.78, 5) is 12.4. The molecule has 0 atom stereocenters. The van der Waals surface area contributed by atoms with Crippen LogP contribution in [0, 0.1) is 11.6 Å². The number of halogens is 2. The summed E-state index contributed by atoms with van der Waals surface area (Å²) in [6, 6.07) is 3.16. The highest BCUT2D eigenvalue weighted by Gasteiger charge is 2.23. The lowest BCUT2D eigenvalue weighted by Crippen LogP contribution is -2.17. The number of carbonyl (C=O) groups is 1. The van der Waals surface area contributed by atoms with E-state index in [4.69, 9.17) is 9.47 Å². The number of amides is 1. The molecule has 3 rings (SSSR count). The van der Waals surface area contributed by atoms with E-state index in [9.17, 15) is 13.6 Å². The Morgan fingerprint density at radius 1 is 1.20 bits per heavy atom. The summed E-state index contributed by atoms with van der Waals surface area (Å²) in [6.07, 6.45) is 0. The summed E-state index contributed by atoms with van der Waals surface area (Å²) in [7, 11) is 0. The van der Waals surface area contributed by atoms with Crippen molar-refractivity contribution in [2.75, 3.05) is 18.5 Å². The molecule has 0 fully saturated rings. The maximum absolute atomic E-state index is 13.1. The molecule has 0 spiro atoms. The van der Waals surface area contributed by atoms with Crippen LogP contribution in [0.15, 0.2) is 23.6 Å². The van der Waals surface area contributed by atoms with Crippen LogP contribution in [-0.2, 0) is 0 Å². The van der Waals surface area contributed by atoms with Gasteiger partial charge < -0.3 is 14.8 Å². The van der Waals surface area contributed by atoms with E-state index in [0.29, 0.717) is 29.6 Å². The lowest BCUT2D eigenvalue weighted by Gasteiger charge is -2.15. The number of thiophene rings is 1. The summed E-state index contributed by atoms with van der Waals surface area (Å²) >= 11 is 1.17. The lowest BCUT2D eigenvalue weighted by molar-refractivity contribution is 0.102. The quantitative estimate of drug-likeness (QED) is 0.926. The second kappa shape index (κ2) is 5.09. The van der Waals surface area contributed by atoms with Crippen LogP contribution in [-0.4, -0.2) is 19.1 Å². The van der Waals surface area contributed by atoms with Gasteiger partial charge in [0.25, 0.3) is 5.91 Å². The normalized spacial score (nSPS) is 13.1. The Morgan fingerprint density at radius 3 is 2.80 bits per heavy atom. The van der Waals surface area contributed by atoms with Gasteiger partial charge >= 0.3 is 0 Å². The van der Waals surface area contributed by atoms with Crippen LogP contribution in [0.3, 0.4) is 0 Å². The summed E-state index contributed by atoms with van der Waals surface area (Å²) in [5.74, 6) is -1.52. The van der Waals surface area contributed by atoms with Gasteiger partial charge in [-0.1, -0.05) is 0 Å². The topological polar surface area (TPSA) is 47.6 Å². The average Bonchev–Trinajstić information content (AvgIpc) is 2.87. The third-order valence-corrected chi connectivity index (χ3v) is 3.62. The molecule has 0 saturated carbocycles. The molecule has 2 heterocycles. The highest BCUT2D eigenvalue weighted by atomic mass is 32.1. The minimum absolute atomic E-state index is 0.174. The number of benzene rings is 1. The van der Waals surface area contributed by atoms with Gasteiger partial charge in [-0.05, 0) is 12.1 Å². The van der Waals surface area contributed by atoms with Crippen molar-refractivity contribution >= 4 is 22.9 Å². The Labute approximate surface area is 116 Å². The molecule has 1 N–H and O–H groups in total. The molecule has 2 aromatic rings. The van der Waals surface area contributed by atoms with Crippen molar-refractivity contribution in [1.29, 1.82) is 0 Å². The maximum Gasteiger partial charge on any atom is 0.269 e. The average molecular weight is 297 g/mol. The Morgan fingerprint density at radius 2 is 2.00 bits per heavy atom. The summed E-state index contributed by atoms with van der Waals surface area (Å²) in [5, 5.41) is 4.17. The summed E-state index contributed by atoms with van der Waals surface area (Å²) in [6.45, 7) is 0.809. The van der Waals surface area contributed by atoms with Gasteiger partial charge in [0.2, 0.25) is 0 Å². The number of rotatable bonds is 2. The molecule has 20 heavy (non-hydrogen) atoms. The van der Waals surface area contributed by atoms with Crippen LogP contribution in [0.2, 0.25) is 0 Å². The molecule has 1 aromatic heterocycles. The SMILES string of the molecule is O=C(Nc1ccc(F)c(F)c1)c1scc2c1OCCO2. The first-order chi connectivity index (χ1) is 9.65. The standard InChI is InChI=1S/C13H9F2NO3S/c14-8-2-1-7(5-9(8)15)16-13(17)12-11-10(6-20-12)18-3-4-19-11/h1-2,5-6H,3-4H2,(H,16,17). The third kappa shape index (κ3) is 2.32. The van der Waals surface area contributed by atoms with E-state index in [1.165, 1.54) is 17.4 Å². The van der Waals surface area contributed by atoms with Crippen LogP contribution >= 0.6 is 11.3 Å². The Hall–Kier alpha value is -2.15. The van der Waals surface area contributed by atoms with Crippen molar-refractivity contribution in [2.45, 2.75) is 0 Å². The van der Waals surface area contributed by atoms with Crippen molar-refractivity contribution < 1.29 is 23.0 Å². The Bertz CT molecular complexity index is 672. The van der Waals surface area contributed by atoms with Gasteiger partial charge in [-0.3, -0.25) is 4.79 Å². The number of anilines is 1. The number of nitrogens with one attached hydrogen (secondary N) is 1. The number of hydrogen-bond donors (Lipinski definition) is 1. The fourth-order valence-electron chi connectivity index (χ4n) is 1.78. The van der Waals surface area contributed by atoms with E-state index in [0.717, 1.165) is 12.1 Å². The van der Waals surface area contributed by atoms with Crippen molar-refractivity contribution in [3.05, 3.63) is 40.1 Å². The molecular formula is C13H9F2NO3S. The summed E-state index contributed by atoms with van der Waals surface area (Å²) < 4.78 is 36.6. The molecule has 0 aliphatic carbocycles. The second-order valence-corrected chi connectivity index (χ2v) is 4.92. The van der Waals surface area contributed by atoms with Crippen LogP contribution in [0.1, 0.15) is 9.67 Å². The summed E-state index contributed by atoms with van der Waals surface area (Å²) in [5.41, 5.74) is 0.174. The predicted molar refractivity (Wildman–Crippen MR) is 69.6 cm³/mol. The van der Waals surface area contributed by atoms with Crippen LogP contribution in [0.5, 0.6) is 11.5 Å². The fraction of sp³-hybridized carbons (Fsp3) is 0.154. The van der Waals surface area contributed by atoms with Gasteiger partial charge in [0.05, 0.1) is 0 Å². The molecule has 7 heteroatoms. The van der Waals surface area contributed by atoms with E-state index in [2.05, 4.69) is 5.32 Å². The van der Waals surface area contributed by atoms with Gasteiger partial charge in [-0.15, -0.1) is 11.3 Å². The van der Waals surface area contributed by atoms with E-state index < -0.39 is 17.5 Å². The lowest BCUT2D eigenvalue weighted by atomic mass is 10.3. The molecule has 0 unspecified atom stereocenters. The monoisotopic (exact) mass is 297 g/mol. The highest BCUT2D eigenvalue weighted by molar-refractivity contribution is 7.13. The van der Waals surface area contributed by atoms with E-state index in [1.807, 2.05) is 0 Å². The molecule has 0 saturated heterocycles. The molecule has 4 nitrogen and oxygen atoms in total. The van der Waals surface area contributed by atoms with Crippen LogP contribution in [0.25, 0.3) is 0 Å². The zero-order chi connectivity index (χ0) is 14.1. The third-order valence-electron chi connectivity index (χ3n) is 2.68. The van der Waals surface area contributed by atoms with E-state index in [1.54, 1.807) is 5.38 Å². The smallest absolute Gasteiger partial charge is 0.269 e. The molecule has 1 aromatic carbocycles. The first-order valence-electron chi connectivity index (χ1n) is 5.78. The van der Waals surface area contributed by atoms with E-state index in [-0.39, 0.29) is 5.69 Å².